The van der Waals surface area contributed by atoms with E-state index in [0.717, 1.165) is 28.4 Å². The summed E-state index contributed by atoms with van der Waals surface area (Å²) in [7, 11) is 1.66. The van der Waals surface area contributed by atoms with E-state index >= 15 is 0 Å². The first kappa shape index (κ1) is 14.1. The molecule has 3 nitrogen and oxygen atoms in total. The smallest absolute Gasteiger partial charge is 0.161 e. The molecule has 1 heterocycles. The third-order valence-electron chi connectivity index (χ3n) is 3.59. The fourth-order valence-electron chi connectivity index (χ4n) is 2.47. The Balaban J connectivity index is 1.80. The molecule has 0 radical (unpaired) electrons. The van der Waals surface area contributed by atoms with Gasteiger partial charge in [0.1, 0.15) is 12.4 Å². The number of alkyl halides is 1. The van der Waals surface area contributed by atoms with Crippen molar-refractivity contribution < 1.29 is 14.2 Å². The van der Waals surface area contributed by atoms with Crippen molar-refractivity contribution in [2.45, 2.75) is 18.4 Å². The highest BCUT2D eigenvalue weighted by atomic mass is 35.5. The molecule has 0 amide bonds. The number of fused-ring (bicyclic) bond motifs is 1. The van der Waals surface area contributed by atoms with Gasteiger partial charge in [0.25, 0.3) is 0 Å². The van der Waals surface area contributed by atoms with E-state index in [0.29, 0.717) is 6.61 Å². The van der Waals surface area contributed by atoms with Gasteiger partial charge in [0.2, 0.25) is 0 Å². The molecule has 0 saturated carbocycles. The molecular weight excluding hydrogens is 288 g/mol. The number of hydrogen-bond donors (Lipinski definition) is 0. The van der Waals surface area contributed by atoms with Crippen LogP contribution in [0.5, 0.6) is 17.2 Å². The van der Waals surface area contributed by atoms with E-state index in [1.807, 2.05) is 49.4 Å². The lowest BCUT2D eigenvalue weighted by Gasteiger charge is -2.29. The maximum absolute atomic E-state index is 6.57. The Hall–Kier alpha value is -1.87. The zero-order valence-corrected chi connectivity index (χ0v) is 12.8. The first-order chi connectivity index (χ1) is 10.2. The number of hydrogen-bond acceptors (Lipinski definition) is 3. The van der Waals surface area contributed by atoms with Crippen LogP contribution in [0.2, 0.25) is 0 Å². The summed E-state index contributed by atoms with van der Waals surface area (Å²) < 4.78 is 16.9. The number of halogens is 1. The molecule has 21 heavy (non-hydrogen) atoms. The summed E-state index contributed by atoms with van der Waals surface area (Å²) in [6.07, 6.45) is -0.214. The van der Waals surface area contributed by atoms with Gasteiger partial charge in [-0.15, -0.1) is 11.6 Å². The van der Waals surface area contributed by atoms with Crippen molar-refractivity contribution >= 4 is 11.6 Å². The summed E-state index contributed by atoms with van der Waals surface area (Å²) in [5, 5.41) is -0.275. The zero-order valence-electron chi connectivity index (χ0n) is 12.0. The Morgan fingerprint density at radius 1 is 1.19 bits per heavy atom. The third kappa shape index (κ3) is 2.79. The minimum Gasteiger partial charge on any atom is -0.496 e. The topological polar surface area (TPSA) is 27.7 Å². The standard InChI is InChI=1S/C17H17ClO3/c1-11-9-12(7-8-13(11)19-2)17(18)16-10-20-14-5-3-4-6-15(14)21-16/h3-9,16-17H,10H2,1-2H3. The van der Waals surface area contributed by atoms with Gasteiger partial charge in [0, 0.05) is 0 Å². The monoisotopic (exact) mass is 304 g/mol. The molecule has 110 valence electrons. The molecular formula is C17H17ClO3. The molecule has 2 atom stereocenters. The lowest BCUT2D eigenvalue weighted by atomic mass is 10.0. The maximum Gasteiger partial charge on any atom is 0.161 e. The summed E-state index contributed by atoms with van der Waals surface area (Å²) in [4.78, 5) is 0. The Bertz CT molecular complexity index is 642. The highest BCUT2D eigenvalue weighted by Crippen LogP contribution is 2.37. The van der Waals surface area contributed by atoms with Crippen molar-refractivity contribution in [3.63, 3.8) is 0 Å². The number of ether oxygens (including phenoxy) is 3. The van der Waals surface area contributed by atoms with Crippen LogP contribution in [-0.2, 0) is 0 Å². The fourth-order valence-corrected chi connectivity index (χ4v) is 2.73. The molecule has 2 unspecified atom stereocenters. The van der Waals surface area contributed by atoms with Crippen molar-refractivity contribution in [3.8, 4) is 17.2 Å². The normalized spacial score (nSPS) is 18.1. The predicted molar refractivity (Wildman–Crippen MR) is 82.7 cm³/mol. The quantitative estimate of drug-likeness (QED) is 0.798. The second-order valence-corrected chi connectivity index (χ2v) is 5.52. The maximum atomic E-state index is 6.57. The highest BCUT2D eigenvalue weighted by molar-refractivity contribution is 6.21. The number of para-hydroxylation sites is 2. The molecule has 3 rings (SSSR count). The van der Waals surface area contributed by atoms with Crippen LogP contribution >= 0.6 is 11.6 Å². The van der Waals surface area contributed by atoms with E-state index in [1.54, 1.807) is 7.11 Å². The van der Waals surface area contributed by atoms with E-state index in [1.165, 1.54) is 0 Å². The van der Waals surface area contributed by atoms with E-state index < -0.39 is 0 Å². The molecule has 0 spiro atoms. The van der Waals surface area contributed by atoms with Crippen LogP contribution in [0.25, 0.3) is 0 Å². The van der Waals surface area contributed by atoms with Crippen LogP contribution in [0, 0.1) is 6.92 Å². The van der Waals surface area contributed by atoms with Crippen LogP contribution in [-0.4, -0.2) is 19.8 Å². The van der Waals surface area contributed by atoms with Crippen molar-refractivity contribution in [1.29, 1.82) is 0 Å². The SMILES string of the molecule is COc1ccc(C(Cl)C2COc3ccccc3O2)cc1C. The van der Waals surface area contributed by atoms with Crippen LogP contribution in [0.1, 0.15) is 16.5 Å². The van der Waals surface area contributed by atoms with Crippen molar-refractivity contribution in [2.75, 3.05) is 13.7 Å². The summed E-state index contributed by atoms with van der Waals surface area (Å²) in [6.45, 7) is 2.44. The first-order valence-electron chi connectivity index (χ1n) is 6.86. The second-order valence-electron chi connectivity index (χ2n) is 5.04. The fraction of sp³-hybridized carbons (Fsp3) is 0.294. The average molecular weight is 305 g/mol. The van der Waals surface area contributed by atoms with Gasteiger partial charge in [-0.3, -0.25) is 0 Å². The minimum absolute atomic E-state index is 0.214. The van der Waals surface area contributed by atoms with Gasteiger partial charge >= 0.3 is 0 Å². The van der Waals surface area contributed by atoms with Gasteiger partial charge in [-0.05, 0) is 36.2 Å². The van der Waals surface area contributed by atoms with Crippen LogP contribution < -0.4 is 14.2 Å². The molecule has 2 aromatic carbocycles. The van der Waals surface area contributed by atoms with Crippen molar-refractivity contribution in [1.82, 2.24) is 0 Å². The number of benzene rings is 2. The van der Waals surface area contributed by atoms with Crippen LogP contribution in [0.4, 0.5) is 0 Å². The summed E-state index contributed by atoms with van der Waals surface area (Å²) in [5.41, 5.74) is 2.06. The number of rotatable bonds is 3. The predicted octanol–water partition coefficient (Wildman–Crippen LogP) is 4.12. The molecule has 0 bridgehead atoms. The van der Waals surface area contributed by atoms with E-state index in [4.69, 9.17) is 25.8 Å². The summed E-state index contributed by atoms with van der Waals surface area (Å²) in [5.74, 6) is 2.36. The molecule has 0 fully saturated rings. The number of methoxy groups -OCH3 is 1. The molecule has 2 aromatic rings. The number of aryl methyl sites for hydroxylation is 1. The van der Waals surface area contributed by atoms with Gasteiger partial charge in [0.15, 0.2) is 17.6 Å². The van der Waals surface area contributed by atoms with Crippen LogP contribution in [0.3, 0.4) is 0 Å². The van der Waals surface area contributed by atoms with Crippen molar-refractivity contribution in [3.05, 3.63) is 53.6 Å². The van der Waals surface area contributed by atoms with E-state index in [2.05, 4.69) is 0 Å². The Morgan fingerprint density at radius 3 is 2.67 bits per heavy atom. The van der Waals surface area contributed by atoms with Gasteiger partial charge in [-0.1, -0.05) is 24.3 Å². The highest BCUT2D eigenvalue weighted by Gasteiger charge is 2.28. The van der Waals surface area contributed by atoms with Gasteiger partial charge in [-0.2, -0.15) is 0 Å². The first-order valence-corrected chi connectivity index (χ1v) is 7.30. The summed E-state index contributed by atoms with van der Waals surface area (Å²) >= 11 is 6.57. The Kier molecular flexibility index (Phi) is 3.93. The molecule has 1 aliphatic heterocycles. The van der Waals surface area contributed by atoms with Gasteiger partial charge in [-0.25, -0.2) is 0 Å². The summed E-state index contributed by atoms with van der Waals surface area (Å²) in [6, 6.07) is 13.6. The average Bonchev–Trinajstić information content (AvgIpc) is 2.53. The van der Waals surface area contributed by atoms with E-state index in [9.17, 15) is 0 Å². The molecule has 0 saturated heterocycles. The largest absolute Gasteiger partial charge is 0.496 e. The Morgan fingerprint density at radius 2 is 1.95 bits per heavy atom. The molecule has 1 aliphatic rings. The molecule has 4 heteroatoms. The van der Waals surface area contributed by atoms with Gasteiger partial charge < -0.3 is 14.2 Å². The zero-order chi connectivity index (χ0) is 14.8. The molecule has 0 aromatic heterocycles. The van der Waals surface area contributed by atoms with Gasteiger partial charge in [0.05, 0.1) is 12.5 Å². The lowest BCUT2D eigenvalue weighted by Crippen LogP contribution is -2.32. The minimum atomic E-state index is -0.275. The molecule has 0 aliphatic carbocycles. The Labute approximate surface area is 129 Å². The van der Waals surface area contributed by atoms with E-state index in [-0.39, 0.29) is 11.5 Å². The third-order valence-corrected chi connectivity index (χ3v) is 4.13. The van der Waals surface area contributed by atoms with Crippen molar-refractivity contribution in [2.24, 2.45) is 0 Å². The second kappa shape index (κ2) is 5.86. The molecule has 0 N–H and O–H groups in total. The van der Waals surface area contributed by atoms with Crippen LogP contribution in [0.15, 0.2) is 42.5 Å². The lowest BCUT2D eigenvalue weighted by molar-refractivity contribution is 0.0877.